The van der Waals surface area contributed by atoms with E-state index in [-0.39, 0.29) is 11.3 Å². The first-order valence-corrected chi connectivity index (χ1v) is 6.55. The molecule has 5 nitrogen and oxygen atoms in total. The third-order valence-corrected chi connectivity index (χ3v) is 2.96. The molecule has 0 spiro atoms. The summed E-state index contributed by atoms with van der Waals surface area (Å²) < 4.78 is 65.6. The van der Waals surface area contributed by atoms with Gasteiger partial charge in [0.1, 0.15) is 5.69 Å². The molecule has 0 fully saturated rings. The van der Waals surface area contributed by atoms with E-state index in [2.05, 4.69) is 5.10 Å². The SMILES string of the molecule is O=[N+]([O-])c1ccccc1/C=C/C=N\Nc1c(F)c(F)c(F)c(F)c1F. The van der Waals surface area contributed by atoms with Gasteiger partial charge in [0.05, 0.1) is 10.5 Å². The summed E-state index contributed by atoms with van der Waals surface area (Å²) in [5, 5.41) is 14.1. The van der Waals surface area contributed by atoms with Crippen LogP contribution >= 0.6 is 0 Å². The topological polar surface area (TPSA) is 67.5 Å². The van der Waals surface area contributed by atoms with Crippen LogP contribution in [-0.2, 0) is 0 Å². The molecule has 2 rings (SSSR count). The molecule has 0 unspecified atom stereocenters. The molecular weight excluding hydrogens is 349 g/mol. The number of nitrogens with zero attached hydrogens (tertiary/aromatic N) is 2. The largest absolute Gasteiger partial charge is 0.276 e. The predicted molar refractivity (Wildman–Crippen MR) is 80.5 cm³/mol. The summed E-state index contributed by atoms with van der Waals surface area (Å²) in [7, 11) is 0. The van der Waals surface area contributed by atoms with Crippen LogP contribution in [0.2, 0.25) is 0 Å². The van der Waals surface area contributed by atoms with Crippen LogP contribution in [0.4, 0.5) is 33.3 Å². The standard InChI is InChI=1S/C15H8F5N3O2/c16-10-11(17)13(19)15(14(20)12(10)18)22-21-7-3-5-8-4-1-2-6-9(8)23(24)25/h1-7,22H/b5-3+,21-7-. The van der Waals surface area contributed by atoms with E-state index in [1.165, 1.54) is 30.4 Å². The van der Waals surface area contributed by atoms with Crippen LogP contribution in [0, 0.1) is 39.2 Å². The molecule has 25 heavy (non-hydrogen) atoms. The highest BCUT2D eigenvalue weighted by atomic mass is 19.2. The minimum absolute atomic E-state index is 0.181. The molecule has 0 aliphatic carbocycles. The van der Waals surface area contributed by atoms with Crippen molar-refractivity contribution in [2.24, 2.45) is 5.10 Å². The average Bonchev–Trinajstić information content (AvgIpc) is 2.60. The molecule has 130 valence electrons. The molecule has 0 atom stereocenters. The van der Waals surface area contributed by atoms with E-state index in [4.69, 9.17) is 0 Å². The van der Waals surface area contributed by atoms with Gasteiger partial charge in [0, 0.05) is 12.3 Å². The van der Waals surface area contributed by atoms with Gasteiger partial charge in [-0.2, -0.15) is 5.10 Å². The quantitative estimate of drug-likeness (QED) is 0.215. The Morgan fingerprint density at radius 2 is 1.52 bits per heavy atom. The Morgan fingerprint density at radius 3 is 2.12 bits per heavy atom. The number of nitro groups is 1. The molecule has 0 bridgehead atoms. The van der Waals surface area contributed by atoms with Crippen LogP contribution in [0.15, 0.2) is 35.4 Å². The molecule has 0 heterocycles. The average molecular weight is 357 g/mol. The van der Waals surface area contributed by atoms with Crippen molar-refractivity contribution in [3.8, 4) is 0 Å². The highest BCUT2D eigenvalue weighted by Gasteiger charge is 2.25. The molecule has 0 saturated heterocycles. The Balaban J connectivity index is 2.17. The minimum atomic E-state index is -2.28. The lowest BCUT2D eigenvalue weighted by Gasteiger charge is -2.06. The number of hydrogen-bond acceptors (Lipinski definition) is 4. The normalized spacial score (nSPS) is 11.4. The van der Waals surface area contributed by atoms with Gasteiger partial charge < -0.3 is 0 Å². The van der Waals surface area contributed by atoms with Gasteiger partial charge in [-0.05, 0) is 18.2 Å². The molecule has 2 aromatic carbocycles. The van der Waals surface area contributed by atoms with Crippen LogP contribution in [0.5, 0.6) is 0 Å². The van der Waals surface area contributed by atoms with Crippen LogP contribution in [0.3, 0.4) is 0 Å². The number of allylic oxidation sites excluding steroid dienone is 1. The Bertz CT molecular complexity index is 855. The fraction of sp³-hybridized carbons (Fsp3) is 0. The highest BCUT2D eigenvalue weighted by Crippen LogP contribution is 2.27. The van der Waals surface area contributed by atoms with Crippen molar-refractivity contribution in [1.82, 2.24) is 0 Å². The van der Waals surface area contributed by atoms with Gasteiger partial charge in [-0.1, -0.05) is 12.1 Å². The first kappa shape index (κ1) is 18.0. The van der Waals surface area contributed by atoms with E-state index in [1.54, 1.807) is 11.5 Å². The summed E-state index contributed by atoms with van der Waals surface area (Å²) in [6.07, 6.45) is 3.39. The number of para-hydroxylation sites is 1. The van der Waals surface area contributed by atoms with Crippen molar-refractivity contribution < 1.29 is 26.9 Å². The zero-order valence-electron chi connectivity index (χ0n) is 12.1. The molecular formula is C15H8F5N3O2. The maximum atomic E-state index is 13.4. The monoisotopic (exact) mass is 357 g/mol. The van der Waals surface area contributed by atoms with Gasteiger partial charge in [0.15, 0.2) is 23.3 Å². The lowest BCUT2D eigenvalue weighted by atomic mass is 10.2. The number of benzene rings is 2. The zero-order valence-corrected chi connectivity index (χ0v) is 12.1. The molecule has 2 aromatic rings. The van der Waals surface area contributed by atoms with Crippen LogP contribution in [0.1, 0.15) is 5.56 Å². The highest BCUT2D eigenvalue weighted by molar-refractivity contribution is 5.80. The molecule has 1 N–H and O–H groups in total. The molecule has 0 amide bonds. The maximum Gasteiger partial charge on any atom is 0.276 e. The summed E-state index contributed by atoms with van der Waals surface area (Å²) in [4.78, 5) is 10.2. The fourth-order valence-electron chi connectivity index (χ4n) is 1.79. The molecule has 0 aromatic heterocycles. The van der Waals surface area contributed by atoms with Gasteiger partial charge >= 0.3 is 0 Å². The first-order valence-electron chi connectivity index (χ1n) is 6.55. The molecule has 0 saturated carbocycles. The first-order chi connectivity index (χ1) is 11.8. The van der Waals surface area contributed by atoms with Crippen LogP contribution < -0.4 is 5.43 Å². The lowest BCUT2D eigenvalue weighted by molar-refractivity contribution is -0.385. The third-order valence-electron chi connectivity index (χ3n) is 2.96. The van der Waals surface area contributed by atoms with Crippen LogP contribution in [-0.4, -0.2) is 11.1 Å². The predicted octanol–water partition coefficient (Wildman–Crippen LogP) is 4.40. The minimum Gasteiger partial charge on any atom is -0.272 e. The summed E-state index contributed by atoms with van der Waals surface area (Å²) in [5.74, 6) is -10.6. The van der Waals surface area contributed by atoms with Crippen molar-refractivity contribution in [1.29, 1.82) is 0 Å². The number of hydrogen-bond donors (Lipinski definition) is 1. The van der Waals surface area contributed by atoms with E-state index in [9.17, 15) is 32.1 Å². The fourth-order valence-corrected chi connectivity index (χ4v) is 1.79. The summed E-state index contributed by atoms with van der Waals surface area (Å²) >= 11 is 0. The third kappa shape index (κ3) is 3.79. The van der Waals surface area contributed by atoms with Crippen LogP contribution in [0.25, 0.3) is 6.08 Å². The Kier molecular flexibility index (Phi) is 5.42. The molecule has 0 radical (unpaired) electrons. The number of halogens is 5. The van der Waals surface area contributed by atoms with Gasteiger partial charge in [-0.15, -0.1) is 0 Å². The number of rotatable bonds is 5. The second kappa shape index (κ2) is 7.51. The molecule has 0 aliphatic heterocycles. The van der Waals surface area contributed by atoms with E-state index in [1.807, 2.05) is 0 Å². The molecule has 10 heteroatoms. The van der Waals surface area contributed by atoms with E-state index in [0.717, 1.165) is 6.21 Å². The Labute approximate surface area is 137 Å². The second-order valence-corrected chi connectivity index (χ2v) is 4.51. The summed E-state index contributed by atoms with van der Waals surface area (Å²) in [5.41, 5.74) is 0.439. The van der Waals surface area contributed by atoms with Crippen molar-refractivity contribution in [3.05, 3.63) is 75.1 Å². The van der Waals surface area contributed by atoms with Gasteiger partial charge in [-0.25, -0.2) is 22.0 Å². The molecule has 0 aliphatic rings. The van der Waals surface area contributed by atoms with Gasteiger partial charge in [0.2, 0.25) is 5.82 Å². The van der Waals surface area contributed by atoms with E-state index >= 15 is 0 Å². The van der Waals surface area contributed by atoms with E-state index in [0.29, 0.717) is 0 Å². The summed E-state index contributed by atoms with van der Waals surface area (Å²) in [6, 6.07) is 5.73. The van der Waals surface area contributed by atoms with Crippen molar-refractivity contribution in [2.75, 3.05) is 5.43 Å². The number of nitro benzene ring substituents is 1. The smallest absolute Gasteiger partial charge is 0.272 e. The summed E-state index contributed by atoms with van der Waals surface area (Å²) in [6.45, 7) is 0. The second-order valence-electron chi connectivity index (χ2n) is 4.51. The number of nitrogens with one attached hydrogen (secondary N) is 1. The number of anilines is 1. The Hall–Kier alpha value is -3.30. The van der Waals surface area contributed by atoms with E-state index < -0.39 is 39.7 Å². The zero-order chi connectivity index (χ0) is 18.6. The van der Waals surface area contributed by atoms with Gasteiger partial charge in [-0.3, -0.25) is 15.5 Å². The van der Waals surface area contributed by atoms with Crippen molar-refractivity contribution >= 4 is 23.7 Å². The maximum absolute atomic E-state index is 13.4. The van der Waals surface area contributed by atoms with Crippen molar-refractivity contribution in [2.45, 2.75) is 0 Å². The van der Waals surface area contributed by atoms with Gasteiger partial charge in [0.25, 0.3) is 5.69 Å². The number of hydrazone groups is 1. The lowest BCUT2D eigenvalue weighted by Crippen LogP contribution is -2.06. The van der Waals surface area contributed by atoms with Crippen molar-refractivity contribution in [3.63, 3.8) is 0 Å². The Morgan fingerprint density at radius 1 is 0.960 bits per heavy atom.